The van der Waals surface area contributed by atoms with Crippen LogP contribution in [0.15, 0.2) is 60.7 Å². The van der Waals surface area contributed by atoms with Crippen molar-refractivity contribution in [1.29, 1.82) is 0 Å². The zero-order valence-corrected chi connectivity index (χ0v) is 15.2. The first kappa shape index (κ1) is 16.5. The fraction of sp³-hybridized carbons (Fsp3) is 0.478. The Bertz CT molecular complexity index is 671. The van der Waals surface area contributed by atoms with Crippen LogP contribution < -0.4 is 0 Å². The van der Waals surface area contributed by atoms with E-state index in [1.165, 1.54) is 32.1 Å². The van der Waals surface area contributed by atoms with Gasteiger partial charge in [-0.05, 0) is 12.8 Å². The minimum atomic E-state index is -0.767. The van der Waals surface area contributed by atoms with Crippen molar-refractivity contribution in [3.05, 3.63) is 71.8 Å². The molecule has 136 valence electrons. The van der Waals surface area contributed by atoms with Crippen LogP contribution in [-0.2, 0) is 15.3 Å². The molecule has 1 saturated carbocycles. The van der Waals surface area contributed by atoms with Gasteiger partial charge in [-0.1, -0.05) is 79.9 Å². The fourth-order valence-electron chi connectivity index (χ4n) is 4.95. The highest BCUT2D eigenvalue weighted by Gasteiger charge is 2.54. The van der Waals surface area contributed by atoms with E-state index in [-0.39, 0.29) is 12.2 Å². The number of nitrogens with zero attached hydrogens (tertiary/aromatic N) is 1. The van der Waals surface area contributed by atoms with Crippen molar-refractivity contribution in [1.82, 2.24) is 4.90 Å². The number of hydrogen-bond donors (Lipinski definition) is 0. The van der Waals surface area contributed by atoms with Crippen LogP contribution in [0, 0.1) is 0 Å². The molecule has 2 heterocycles. The lowest BCUT2D eigenvalue weighted by Crippen LogP contribution is -2.39. The summed E-state index contributed by atoms with van der Waals surface area (Å²) in [5.74, 6) is -0.767. The van der Waals surface area contributed by atoms with Gasteiger partial charge in [-0.15, -0.1) is 0 Å². The van der Waals surface area contributed by atoms with Crippen LogP contribution in [0.2, 0.25) is 0 Å². The van der Waals surface area contributed by atoms with Crippen molar-refractivity contribution in [3.8, 4) is 0 Å². The molecule has 2 aliphatic heterocycles. The average molecular weight is 349 g/mol. The van der Waals surface area contributed by atoms with Gasteiger partial charge < -0.3 is 9.47 Å². The van der Waals surface area contributed by atoms with Crippen molar-refractivity contribution in [3.63, 3.8) is 0 Å². The Hall–Kier alpha value is -1.68. The van der Waals surface area contributed by atoms with Gasteiger partial charge in [0.1, 0.15) is 12.2 Å². The highest BCUT2D eigenvalue weighted by Crippen LogP contribution is 2.45. The molecule has 0 unspecified atom stereocenters. The van der Waals surface area contributed by atoms with E-state index >= 15 is 0 Å². The van der Waals surface area contributed by atoms with Gasteiger partial charge in [0, 0.05) is 30.3 Å². The van der Waals surface area contributed by atoms with Gasteiger partial charge in [-0.2, -0.15) is 0 Å². The van der Waals surface area contributed by atoms with Crippen molar-refractivity contribution in [2.45, 2.75) is 56.1 Å². The zero-order chi connectivity index (χ0) is 17.4. The van der Waals surface area contributed by atoms with Gasteiger partial charge in [-0.3, -0.25) is 4.90 Å². The van der Waals surface area contributed by atoms with E-state index < -0.39 is 5.79 Å². The van der Waals surface area contributed by atoms with Crippen LogP contribution in [0.5, 0.6) is 0 Å². The lowest BCUT2D eigenvalue weighted by molar-refractivity contribution is -0.161. The van der Waals surface area contributed by atoms with Crippen LogP contribution in [0.1, 0.15) is 43.2 Å². The molecule has 26 heavy (non-hydrogen) atoms. The second-order valence-electron chi connectivity index (χ2n) is 7.91. The monoisotopic (exact) mass is 349 g/mol. The fourth-order valence-corrected chi connectivity index (χ4v) is 4.95. The summed E-state index contributed by atoms with van der Waals surface area (Å²) in [6.45, 7) is 1.99. The summed E-state index contributed by atoms with van der Waals surface area (Å²) in [6.07, 6.45) is 7.11. The Morgan fingerprint density at radius 2 is 1.19 bits per heavy atom. The number of benzene rings is 2. The Morgan fingerprint density at radius 1 is 0.692 bits per heavy atom. The molecule has 5 rings (SSSR count). The maximum atomic E-state index is 6.70. The molecule has 2 atom stereocenters. The van der Waals surface area contributed by atoms with Gasteiger partial charge in [0.15, 0.2) is 0 Å². The standard InChI is InChI=1S/C23H27NO2/c1-4-10-18(11-5-1)23(19-12-6-2-7-13-19)25-21-16-24(17-22(21)26-23)20-14-8-3-9-15-20/h1-2,4-7,10-13,20-22H,3,8-9,14-17H2/t21-,22+. The van der Waals surface area contributed by atoms with Crippen molar-refractivity contribution >= 4 is 0 Å². The lowest BCUT2D eigenvalue weighted by atomic mass is 9.94. The number of likely N-dealkylation sites (tertiary alicyclic amines) is 1. The molecule has 2 aromatic carbocycles. The molecule has 1 aliphatic carbocycles. The van der Waals surface area contributed by atoms with Gasteiger partial charge in [0.05, 0.1) is 0 Å². The minimum Gasteiger partial charge on any atom is -0.335 e. The average Bonchev–Trinajstić information content (AvgIpc) is 3.27. The summed E-state index contributed by atoms with van der Waals surface area (Å²) in [7, 11) is 0. The molecule has 3 nitrogen and oxygen atoms in total. The molecular weight excluding hydrogens is 322 g/mol. The van der Waals surface area contributed by atoms with E-state index in [9.17, 15) is 0 Å². The van der Waals surface area contributed by atoms with E-state index in [2.05, 4.69) is 53.4 Å². The topological polar surface area (TPSA) is 21.7 Å². The first-order valence-corrected chi connectivity index (χ1v) is 10.1. The van der Waals surface area contributed by atoms with Crippen molar-refractivity contribution < 1.29 is 9.47 Å². The number of fused-ring (bicyclic) bond motifs is 1. The van der Waals surface area contributed by atoms with Crippen LogP contribution in [0.25, 0.3) is 0 Å². The lowest BCUT2D eigenvalue weighted by Gasteiger charge is -2.34. The molecule has 0 amide bonds. The normalized spacial score (nSPS) is 28.9. The van der Waals surface area contributed by atoms with E-state index in [4.69, 9.17) is 9.47 Å². The van der Waals surface area contributed by atoms with Crippen LogP contribution in [0.4, 0.5) is 0 Å². The smallest absolute Gasteiger partial charge is 0.223 e. The second kappa shape index (κ2) is 6.80. The molecule has 2 saturated heterocycles. The largest absolute Gasteiger partial charge is 0.335 e. The molecule has 0 spiro atoms. The molecule has 0 aromatic heterocycles. The molecule has 2 aromatic rings. The van der Waals surface area contributed by atoms with Crippen LogP contribution in [0.3, 0.4) is 0 Å². The summed E-state index contributed by atoms with van der Waals surface area (Å²) in [5.41, 5.74) is 2.18. The molecule has 0 radical (unpaired) electrons. The van der Waals surface area contributed by atoms with Crippen molar-refractivity contribution in [2.24, 2.45) is 0 Å². The maximum absolute atomic E-state index is 6.70. The highest BCUT2D eigenvalue weighted by atomic mass is 16.8. The predicted molar refractivity (Wildman–Crippen MR) is 102 cm³/mol. The molecule has 3 fully saturated rings. The second-order valence-corrected chi connectivity index (χ2v) is 7.91. The van der Waals surface area contributed by atoms with E-state index in [1.54, 1.807) is 0 Å². The first-order chi connectivity index (χ1) is 12.9. The summed E-state index contributed by atoms with van der Waals surface area (Å²) in [4.78, 5) is 2.62. The van der Waals surface area contributed by atoms with E-state index in [0.29, 0.717) is 0 Å². The summed E-state index contributed by atoms with van der Waals surface area (Å²) in [6, 6.07) is 21.5. The van der Waals surface area contributed by atoms with Gasteiger partial charge >= 0.3 is 0 Å². The quantitative estimate of drug-likeness (QED) is 0.824. The zero-order valence-electron chi connectivity index (χ0n) is 15.2. The third kappa shape index (κ3) is 2.79. The summed E-state index contributed by atoms with van der Waals surface area (Å²) < 4.78 is 13.4. The summed E-state index contributed by atoms with van der Waals surface area (Å²) >= 11 is 0. The molecular formula is C23H27NO2. The molecule has 3 heteroatoms. The van der Waals surface area contributed by atoms with E-state index in [1.807, 2.05) is 12.1 Å². The SMILES string of the molecule is c1ccc(C2(c3ccccc3)O[C@H]3CN(C4CCCCC4)C[C@H]3O2)cc1. The highest BCUT2D eigenvalue weighted by molar-refractivity contribution is 5.35. The summed E-state index contributed by atoms with van der Waals surface area (Å²) in [5, 5.41) is 0. The molecule has 0 N–H and O–H groups in total. The van der Waals surface area contributed by atoms with Gasteiger partial charge in [0.25, 0.3) is 0 Å². The predicted octanol–water partition coefficient (Wildman–Crippen LogP) is 4.32. The Morgan fingerprint density at radius 3 is 1.69 bits per heavy atom. The third-order valence-electron chi connectivity index (χ3n) is 6.28. The number of hydrogen-bond acceptors (Lipinski definition) is 3. The number of rotatable bonds is 3. The Balaban J connectivity index is 1.42. The maximum Gasteiger partial charge on any atom is 0.223 e. The first-order valence-electron chi connectivity index (χ1n) is 10.1. The Kier molecular flexibility index (Phi) is 4.32. The van der Waals surface area contributed by atoms with Gasteiger partial charge in [-0.25, -0.2) is 0 Å². The van der Waals surface area contributed by atoms with E-state index in [0.717, 1.165) is 30.3 Å². The van der Waals surface area contributed by atoms with Crippen LogP contribution in [-0.4, -0.2) is 36.2 Å². The van der Waals surface area contributed by atoms with Crippen molar-refractivity contribution in [2.75, 3.05) is 13.1 Å². The van der Waals surface area contributed by atoms with Gasteiger partial charge in [0.2, 0.25) is 5.79 Å². The minimum absolute atomic E-state index is 0.150. The Labute approximate surface area is 155 Å². The number of ether oxygens (including phenoxy) is 2. The molecule has 3 aliphatic rings. The van der Waals surface area contributed by atoms with Crippen LogP contribution >= 0.6 is 0 Å². The molecule has 0 bridgehead atoms. The third-order valence-corrected chi connectivity index (χ3v) is 6.28.